The number of rotatable bonds is 1. The van der Waals surface area contributed by atoms with Gasteiger partial charge in [0.2, 0.25) is 0 Å². The molecule has 0 bridgehead atoms. The molecule has 2 rings (SSSR count). The van der Waals surface area contributed by atoms with Crippen molar-refractivity contribution in [2.45, 2.75) is 18.6 Å². The van der Waals surface area contributed by atoms with Crippen LogP contribution in [0.3, 0.4) is 0 Å². The first-order valence-corrected chi connectivity index (χ1v) is 5.55. The molecule has 1 aromatic carbocycles. The van der Waals surface area contributed by atoms with E-state index < -0.39 is 23.9 Å². The van der Waals surface area contributed by atoms with Crippen LogP contribution in [0.15, 0.2) is 18.2 Å². The second kappa shape index (κ2) is 4.68. The van der Waals surface area contributed by atoms with Gasteiger partial charge in [0.25, 0.3) is 0 Å². The Hall–Kier alpha value is -1.43. The van der Waals surface area contributed by atoms with Crippen LogP contribution in [0.4, 0.5) is 18.0 Å². The Morgan fingerprint density at radius 2 is 2.11 bits per heavy atom. The molecule has 0 spiro atoms. The van der Waals surface area contributed by atoms with Crippen molar-refractivity contribution < 1.29 is 22.7 Å². The Bertz CT molecular complexity index is 476. The van der Waals surface area contributed by atoms with Crippen molar-refractivity contribution in [3.05, 3.63) is 34.3 Å². The number of alkyl carbamates (subject to hydrolysis) is 1. The summed E-state index contributed by atoms with van der Waals surface area (Å²) < 4.78 is 42.7. The third kappa shape index (κ3) is 2.69. The monoisotopic (exact) mass is 279 g/mol. The van der Waals surface area contributed by atoms with Crippen LogP contribution >= 0.6 is 11.6 Å². The van der Waals surface area contributed by atoms with Gasteiger partial charge in [0.15, 0.2) is 0 Å². The van der Waals surface area contributed by atoms with E-state index in [1.165, 1.54) is 12.1 Å². The van der Waals surface area contributed by atoms with Gasteiger partial charge < -0.3 is 10.1 Å². The summed E-state index contributed by atoms with van der Waals surface area (Å²) in [6.07, 6.45) is -4.72. The van der Waals surface area contributed by atoms with Gasteiger partial charge in [-0.05, 0) is 17.7 Å². The molecule has 1 aliphatic heterocycles. The minimum absolute atomic E-state index is 0.181. The summed E-state index contributed by atoms with van der Waals surface area (Å²) in [6.45, 7) is 0.181. The number of ether oxygens (including phenoxy) is 1. The minimum Gasteiger partial charge on any atom is -0.449 e. The van der Waals surface area contributed by atoms with Gasteiger partial charge in [0.1, 0.15) is 0 Å². The topological polar surface area (TPSA) is 38.3 Å². The van der Waals surface area contributed by atoms with E-state index in [4.69, 9.17) is 11.6 Å². The largest absolute Gasteiger partial charge is 0.449 e. The third-order valence-electron chi connectivity index (χ3n) is 2.63. The number of amides is 1. The SMILES string of the molecule is O=C1N[C@H](c2ccc(Cl)c(C(F)(F)F)c2)CCO1. The zero-order valence-electron chi connectivity index (χ0n) is 9.05. The van der Waals surface area contributed by atoms with Crippen molar-refractivity contribution >= 4 is 17.7 Å². The molecule has 0 radical (unpaired) electrons. The van der Waals surface area contributed by atoms with Crippen LogP contribution in [0.1, 0.15) is 23.6 Å². The van der Waals surface area contributed by atoms with Crippen molar-refractivity contribution in [2.75, 3.05) is 6.61 Å². The van der Waals surface area contributed by atoms with E-state index in [1.807, 2.05) is 0 Å². The van der Waals surface area contributed by atoms with Crippen LogP contribution in [-0.2, 0) is 10.9 Å². The minimum atomic E-state index is -4.51. The number of carbonyl (C=O) groups excluding carboxylic acids is 1. The Morgan fingerprint density at radius 1 is 1.39 bits per heavy atom. The normalized spacial score (nSPS) is 20.2. The van der Waals surface area contributed by atoms with Gasteiger partial charge in [-0.3, -0.25) is 0 Å². The fourth-order valence-corrected chi connectivity index (χ4v) is 1.98. The highest BCUT2D eigenvalue weighted by molar-refractivity contribution is 6.31. The maximum absolute atomic E-state index is 12.7. The quantitative estimate of drug-likeness (QED) is 0.854. The highest BCUT2D eigenvalue weighted by atomic mass is 35.5. The Morgan fingerprint density at radius 3 is 2.72 bits per heavy atom. The van der Waals surface area contributed by atoms with Crippen molar-refractivity contribution in [3.63, 3.8) is 0 Å². The maximum Gasteiger partial charge on any atom is 0.417 e. The van der Waals surface area contributed by atoms with Crippen molar-refractivity contribution in [1.29, 1.82) is 0 Å². The predicted octanol–water partition coefficient (Wildman–Crippen LogP) is 3.53. The molecule has 1 fully saturated rings. The summed E-state index contributed by atoms with van der Waals surface area (Å²) in [5, 5.41) is 2.10. The maximum atomic E-state index is 12.7. The van der Waals surface area contributed by atoms with Gasteiger partial charge in [0, 0.05) is 6.42 Å². The second-order valence-corrected chi connectivity index (χ2v) is 4.27. The Balaban J connectivity index is 2.32. The summed E-state index contributed by atoms with van der Waals surface area (Å²) in [5.74, 6) is 0. The van der Waals surface area contributed by atoms with Crippen LogP contribution < -0.4 is 5.32 Å². The van der Waals surface area contributed by atoms with Crippen LogP contribution in [0.25, 0.3) is 0 Å². The van der Waals surface area contributed by atoms with Crippen LogP contribution in [0.2, 0.25) is 5.02 Å². The van der Waals surface area contributed by atoms with E-state index in [2.05, 4.69) is 10.1 Å². The molecule has 0 saturated carbocycles. The Kier molecular flexibility index (Phi) is 3.38. The summed E-state index contributed by atoms with van der Waals surface area (Å²) in [6, 6.07) is 3.12. The summed E-state index contributed by atoms with van der Waals surface area (Å²) >= 11 is 5.52. The van der Waals surface area contributed by atoms with Crippen LogP contribution in [0.5, 0.6) is 0 Å². The third-order valence-corrected chi connectivity index (χ3v) is 2.96. The fourth-order valence-electron chi connectivity index (χ4n) is 1.75. The van der Waals surface area contributed by atoms with Gasteiger partial charge >= 0.3 is 12.3 Å². The molecule has 1 amide bonds. The number of carbonyl (C=O) groups is 1. The molecule has 0 unspecified atom stereocenters. The molecule has 1 saturated heterocycles. The van der Waals surface area contributed by atoms with E-state index in [-0.39, 0.29) is 11.6 Å². The van der Waals surface area contributed by atoms with E-state index in [9.17, 15) is 18.0 Å². The number of hydrogen-bond donors (Lipinski definition) is 1. The second-order valence-electron chi connectivity index (χ2n) is 3.86. The molecule has 7 heteroatoms. The molecule has 3 nitrogen and oxygen atoms in total. The zero-order chi connectivity index (χ0) is 13.3. The van der Waals surface area contributed by atoms with E-state index in [1.54, 1.807) is 0 Å². The van der Waals surface area contributed by atoms with Crippen LogP contribution in [0, 0.1) is 0 Å². The van der Waals surface area contributed by atoms with Gasteiger partial charge in [-0.2, -0.15) is 13.2 Å². The molecule has 1 heterocycles. The molecular weight excluding hydrogens is 271 g/mol. The number of alkyl halides is 3. The van der Waals surface area contributed by atoms with E-state index in [0.717, 1.165) is 6.07 Å². The standard InChI is InChI=1S/C11H9ClF3NO2/c12-8-2-1-6(5-7(8)11(13,14)15)9-3-4-18-10(17)16-9/h1-2,5,9H,3-4H2,(H,16,17)/t9-/m0/s1. The lowest BCUT2D eigenvalue weighted by Crippen LogP contribution is -2.35. The first kappa shape index (κ1) is 13.0. The molecule has 18 heavy (non-hydrogen) atoms. The predicted molar refractivity (Wildman–Crippen MR) is 58.3 cm³/mol. The molecule has 1 aromatic rings. The van der Waals surface area contributed by atoms with Gasteiger partial charge in [-0.1, -0.05) is 17.7 Å². The highest BCUT2D eigenvalue weighted by Gasteiger charge is 2.34. The number of cyclic esters (lactones) is 1. The van der Waals surface area contributed by atoms with Crippen molar-refractivity contribution in [1.82, 2.24) is 5.32 Å². The number of hydrogen-bond acceptors (Lipinski definition) is 2. The van der Waals surface area contributed by atoms with Crippen molar-refractivity contribution in [2.24, 2.45) is 0 Å². The average molecular weight is 280 g/mol. The van der Waals surface area contributed by atoms with Gasteiger partial charge in [0.05, 0.1) is 23.2 Å². The molecular formula is C11H9ClF3NO2. The van der Waals surface area contributed by atoms with E-state index in [0.29, 0.717) is 12.0 Å². The number of nitrogens with one attached hydrogen (secondary N) is 1. The average Bonchev–Trinajstić information content (AvgIpc) is 2.28. The lowest BCUT2D eigenvalue weighted by molar-refractivity contribution is -0.137. The molecule has 0 aromatic heterocycles. The number of halogens is 4. The lowest BCUT2D eigenvalue weighted by atomic mass is 10.0. The first-order valence-electron chi connectivity index (χ1n) is 5.18. The number of benzene rings is 1. The molecule has 1 N–H and O–H groups in total. The fraction of sp³-hybridized carbons (Fsp3) is 0.364. The smallest absolute Gasteiger partial charge is 0.417 e. The highest BCUT2D eigenvalue weighted by Crippen LogP contribution is 2.36. The van der Waals surface area contributed by atoms with E-state index >= 15 is 0 Å². The summed E-state index contributed by atoms with van der Waals surface area (Å²) in [5.41, 5.74) is -0.536. The Labute approximate surface area is 106 Å². The lowest BCUT2D eigenvalue weighted by Gasteiger charge is -2.24. The van der Waals surface area contributed by atoms with Gasteiger partial charge in [-0.25, -0.2) is 4.79 Å². The summed E-state index contributed by atoms with van der Waals surface area (Å²) in [7, 11) is 0. The van der Waals surface area contributed by atoms with Gasteiger partial charge in [-0.15, -0.1) is 0 Å². The molecule has 1 atom stereocenters. The molecule has 0 aliphatic carbocycles. The zero-order valence-corrected chi connectivity index (χ0v) is 9.81. The first-order chi connectivity index (χ1) is 8.38. The summed E-state index contributed by atoms with van der Waals surface area (Å²) in [4.78, 5) is 11.0. The molecule has 1 aliphatic rings. The molecule has 98 valence electrons. The van der Waals surface area contributed by atoms with Crippen molar-refractivity contribution in [3.8, 4) is 0 Å². The van der Waals surface area contributed by atoms with Crippen LogP contribution in [-0.4, -0.2) is 12.7 Å².